The zero-order chi connectivity index (χ0) is 13.5. The Morgan fingerprint density at radius 3 is 2.44 bits per heavy atom. The minimum absolute atomic E-state index is 0.633. The molecule has 1 heterocycles. The SMILES string of the molecule is CCCNC(C)CC(C)N(C)C1CCN(C)CC1. The maximum atomic E-state index is 3.59. The van der Waals surface area contributed by atoms with Crippen LogP contribution in [0.25, 0.3) is 0 Å². The second-order valence-corrected chi connectivity index (χ2v) is 6.14. The summed E-state index contributed by atoms with van der Waals surface area (Å²) in [6.45, 7) is 10.6. The highest BCUT2D eigenvalue weighted by Crippen LogP contribution is 2.18. The Kier molecular flexibility index (Phi) is 7.20. The van der Waals surface area contributed by atoms with E-state index in [0.29, 0.717) is 12.1 Å². The highest BCUT2D eigenvalue weighted by atomic mass is 15.2. The van der Waals surface area contributed by atoms with Crippen LogP contribution in [0, 0.1) is 0 Å². The maximum absolute atomic E-state index is 3.59. The molecule has 1 fully saturated rings. The zero-order valence-electron chi connectivity index (χ0n) is 13.1. The fraction of sp³-hybridized carbons (Fsp3) is 1.00. The fourth-order valence-corrected chi connectivity index (χ4v) is 2.91. The van der Waals surface area contributed by atoms with Crippen molar-refractivity contribution in [2.75, 3.05) is 33.7 Å². The number of hydrogen-bond acceptors (Lipinski definition) is 3. The largest absolute Gasteiger partial charge is 0.314 e. The van der Waals surface area contributed by atoms with Crippen molar-refractivity contribution in [2.45, 2.75) is 64.6 Å². The highest BCUT2D eigenvalue weighted by Gasteiger charge is 2.24. The van der Waals surface area contributed by atoms with Crippen LogP contribution in [0.15, 0.2) is 0 Å². The van der Waals surface area contributed by atoms with Crippen molar-refractivity contribution < 1.29 is 0 Å². The summed E-state index contributed by atoms with van der Waals surface area (Å²) in [6, 6.07) is 2.10. The lowest BCUT2D eigenvalue weighted by Crippen LogP contribution is -2.47. The van der Waals surface area contributed by atoms with Gasteiger partial charge in [-0.3, -0.25) is 0 Å². The molecule has 18 heavy (non-hydrogen) atoms. The first-order chi connectivity index (χ1) is 8.54. The summed E-state index contributed by atoms with van der Waals surface area (Å²) in [6.07, 6.45) is 5.13. The highest BCUT2D eigenvalue weighted by molar-refractivity contribution is 4.81. The van der Waals surface area contributed by atoms with Gasteiger partial charge in [0.05, 0.1) is 0 Å². The van der Waals surface area contributed by atoms with Crippen LogP contribution in [0.2, 0.25) is 0 Å². The molecule has 3 nitrogen and oxygen atoms in total. The van der Waals surface area contributed by atoms with E-state index in [9.17, 15) is 0 Å². The Labute approximate surface area is 114 Å². The van der Waals surface area contributed by atoms with Crippen molar-refractivity contribution in [1.29, 1.82) is 0 Å². The molecule has 1 saturated heterocycles. The monoisotopic (exact) mass is 255 g/mol. The quantitative estimate of drug-likeness (QED) is 0.752. The van der Waals surface area contributed by atoms with Crippen LogP contribution in [-0.2, 0) is 0 Å². The van der Waals surface area contributed by atoms with Crippen molar-refractivity contribution in [3.8, 4) is 0 Å². The van der Waals surface area contributed by atoms with Crippen LogP contribution in [0.1, 0.15) is 46.5 Å². The molecule has 3 heteroatoms. The third-order valence-electron chi connectivity index (χ3n) is 4.40. The summed E-state index contributed by atoms with van der Waals surface area (Å²) in [7, 11) is 4.55. The smallest absolute Gasteiger partial charge is 0.0119 e. The molecule has 0 spiro atoms. The van der Waals surface area contributed by atoms with Gasteiger partial charge in [-0.2, -0.15) is 0 Å². The molecule has 1 N–H and O–H groups in total. The molecule has 0 amide bonds. The summed E-state index contributed by atoms with van der Waals surface area (Å²) in [5, 5.41) is 3.59. The van der Waals surface area contributed by atoms with Crippen LogP contribution in [0.5, 0.6) is 0 Å². The lowest BCUT2D eigenvalue weighted by atomic mass is 10.0. The van der Waals surface area contributed by atoms with E-state index < -0.39 is 0 Å². The fourth-order valence-electron chi connectivity index (χ4n) is 2.91. The van der Waals surface area contributed by atoms with Crippen molar-refractivity contribution in [3.05, 3.63) is 0 Å². The number of nitrogens with one attached hydrogen (secondary N) is 1. The minimum Gasteiger partial charge on any atom is -0.314 e. The van der Waals surface area contributed by atoms with Gasteiger partial charge in [0.1, 0.15) is 0 Å². The molecule has 1 rings (SSSR count). The molecule has 0 radical (unpaired) electrons. The Morgan fingerprint density at radius 1 is 1.28 bits per heavy atom. The van der Waals surface area contributed by atoms with E-state index in [1.807, 2.05) is 0 Å². The van der Waals surface area contributed by atoms with Gasteiger partial charge in [0.25, 0.3) is 0 Å². The first kappa shape index (κ1) is 15.9. The molecular formula is C15H33N3. The van der Waals surface area contributed by atoms with Crippen molar-refractivity contribution in [1.82, 2.24) is 15.1 Å². The van der Waals surface area contributed by atoms with Gasteiger partial charge in [-0.1, -0.05) is 6.92 Å². The predicted octanol–water partition coefficient (Wildman–Crippen LogP) is 2.18. The molecule has 1 aliphatic rings. The molecule has 0 bridgehead atoms. The van der Waals surface area contributed by atoms with E-state index in [4.69, 9.17) is 0 Å². The summed E-state index contributed by atoms with van der Waals surface area (Å²) in [4.78, 5) is 5.05. The number of hydrogen-bond donors (Lipinski definition) is 1. The van der Waals surface area contributed by atoms with E-state index in [1.165, 1.54) is 38.8 Å². The molecule has 0 aliphatic carbocycles. The average molecular weight is 255 g/mol. The Balaban J connectivity index is 2.29. The molecule has 0 saturated carbocycles. The van der Waals surface area contributed by atoms with Crippen molar-refractivity contribution in [3.63, 3.8) is 0 Å². The Bertz CT molecular complexity index is 212. The van der Waals surface area contributed by atoms with Crippen LogP contribution in [0.4, 0.5) is 0 Å². The summed E-state index contributed by atoms with van der Waals surface area (Å²) < 4.78 is 0. The number of likely N-dealkylation sites (tertiary alicyclic amines) is 1. The van der Waals surface area contributed by atoms with E-state index >= 15 is 0 Å². The summed E-state index contributed by atoms with van der Waals surface area (Å²) in [5.41, 5.74) is 0. The minimum atomic E-state index is 0.633. The van der Waals surface area contributed by atoms with Gasteiger partial charge in [-0.25, -0.2) is 0 Å². The Hall–Kier alpha value is -0.120. The molecule has 1 aliphatic heterocycles. The third kappa shape index (κ3) is 5.25. The lowest BCUT2D eigenvalue weighted by Gasteiger charge is -2.39. The predicted molar refractivity (Wildman–Crippen MR) is 80.1 cm³/mol. The van der Waals surface area contributed by atoms with Crippen LogP contribution in [0.3, 0.4) is 0 Å². The van der Waals surface area contributed by atoms with Crippen molar-refractivity contribution >= 4 is 0 Å². The van der Waals surface area contributed by atoms with Gasteiger partial charge in [0.2, 0.25) is 0 Å². The first-order valence-corrected chi connectivity index (χ1v) is 7.68. The van der Waals surface area contributed by atoms with Gasteiger partial charge in [0.15, 0.2) is 0 Å². The van der Waals surface area contributed by atoms with Gasteiger partial charge in [-0.05, 0) is 73.3 Å². The van der Waals surface area contributed by atoms with Crippen LogP contribution >= 0.6 is 0 Å². The topological polar surface area (TPSA) is 18.5 Å². The van der Waals surface area contributed by atoms with E-state index in [1.54, 1.807) is 0 Å². The van der Waals surface area contributed by atoms with Gasteiger partial charge in [0, 0.05) is 18.1 Å². The molecular weight excluding hydrogens is 222 g/mol. The first-order valence-electron chi connectivity index (χ1n) is 7.68. The zero-order valence-corrected chi connectivity index (χ0v) is 13.1. The number of nitrogens with zero attached hydrogens (tertiary/aromatic N) is 2. The molecule has 108 valence electrons. The number of piperidine rings is 1. The van der Waals surface area contributed by atoms with Crippen LogP contribution < -0.4 is 5.32 Å². The van der Waals surface area contributed by atoms with Gasteiger partial charge < -0.3 is 15.1 Å². The second-order valence-electron chi connectivity index (χ2n) is 6.14. The lowest BCUT2D eigenvalue weighted by molar-refractivity contribution is 0.105. The Morgan fingerprint density at radius 2 is 1.89 bits per heavy atom. The number of rotatable bonds is 7. The molecule has 0 aromatic heterocycles. The van der Waals surface area contributed by atoms with E-state index in [-0.39, 0.29) is 0 Å². The van der Waals surface area contributed by atoms with Gasteiger partial charge >= 0.3 is 0 Å². The van der Waals surface area contributed by atoms with E-state index in [0.717, 1.165) is 12.6 Å². The third-order valence-corrected chi connectivity index (χ3v) is 4.40. The van der Waals surface area contributed by atoms with E-state index in [2.05, 4.69) is 50.0 Å². The normalized spacial score (nSPS) is 22.3. The van der Waals surface area contributed by atoms with Crippen LogP contribution in [-0.4, -0.2) is 61.7 Å². The van der Waals surface area contributed by atoms with Crippen molar-refractivity contribution in [2.24, 2.45) is 0 Å². The molecule has 2 unspecified atom stereocenters. The molecule has 2 atom stereocenters. The molecule has 0 aromatic carbocycles. The second kappa shape index (κ2) is 8.13. The summed E-state index contributed by atoms with van der Waals surface area (Å²) >= 11 is 0. The molecule has 0 aromatic rings. The average Bonchev–Trinajstić information content (AvgIpc) is 2.36. The van der Waals surface area contributed by atoms with Gasteiger partial charge in [-0.15, -0.1) is 0 Å². The standard InChI is InChI=1S/C15H33N3/c1-6-9-16-13(2)12-14(3)18(5)15-7-10-17(4)11-8-15/h13-16H,6-12H2,1-5H3. The summed E-state index contributed by atoms with van der Waals surface area (Å²) in [5.74, 6) is 0. The maximum Gasteiger partial charge on any atom is 0.0119 e.